The highest BCUT2D eigenvalue weighted by atomic mass is 32.2. The molecule has 0 amide bonds. The number of methoxy groups -OCH3 is 1. The molecule has 6 atom stereocenters. The van der Waals surface area contributed by atoms with Crippen LogP contribution in [-0.2, 0) is 15.6 Å². The summed E-state index contributed by atoms with van der Waals surface area (Å²) in [5.74, 6) is 2.72. The molecule has 196 valence electrons. The van der Waals surface area contributed by atoms with Gasteiger partial charge in [-0.3, -0.25) is 9.00 Å². The van der Waals surface area contributed by atoms with Gasteiger partial charge in [-0.15, -0.1) is 0 Å². The van der Waals surface area contributed by atoms with Crippen LogP contribution < -0.4 is 4.74 Å². The van der Waals surface area contributed by atoms with Crippen molar-refractivity contribution in [2.24, 2.45) is 17.3 Å². The van der Waals surface area contributed by atoms with Crippen molar-refractivity contribution >= 4 is 16.6 Å². The average Bonchev–Trinajstić information content (AvgIpc) is 3.11. The fourth-order valence-corrected chi connectivity index (χ4v) is 9.00. The largest absolute Gasteiger partial charge is 0.497 e. The molecule has 0 aliphatic heterocycles. The zero-order valence-corrected chi connectivity index (χ0v) is 23.4. The van der Waals surface area contributed by atoms with Gasteiger partial charge >= 0.3 is 0 Å². The van der Waals surface area contributed by atoms with E-state index in [-0.39, 0.29) is 21.9 Å². The van der Waals surface area contributed by atoms with Gasteiger partial charge in [0.05, 0.1) is 12.7 Å². The predicted molar refractivity (Wildman–Crippen MR) is 146 cm³/mol. The monoisotopic (exact) mass is 510 g/mol. The summed E-state index contributed by atoms with van der Waals surface area (Å²) in [6.07, 6.45) is 8.66. The molecule has 0 bridgehead atoms. The first kappa shape index (κ1) is 25.9. The van der Waals surface area contributed by atoms with Crippen molar-refractivity contribution in [1.29, 1.82) is 0 Å². The maximum Gasteiger partial charge on any atom is 0.156 e. The summed E-state index contributed by atoms with van der Waals surface area (Å²) in [5.41, 5.74) is 4.45. The van der Waals surface area contributed by atoms with Crippen molar-refractivity contribution < 1.29 is 18.8 Å². The molecule has 1 N–H and O–H groups in total. The number of allylic oxidation sites excluding steroid dienone is 4. The van der Waals surface area contributed by atoms with Crippen molar-refractivity contribution in [1.82, 2.24) is 0 Å². The van der Waals surface area contributed by atoms with Crippen molar-refractivity contribution in [2.75, 3.05) is 12.9 Å². The van der Waals surface area contributed by atoms with Crippen molar-refractivity contribution in [3.8, 4) is 5.75 Å². The molecule has 4 aliphatic carbocycles. The minimum Gasteiger partial charge on any atom is -0.497 e. The summed E-state index contributed by atoms with van der Waals surface area (Å²) in [6.45, 7) is 8.38. The molecule has 5 heteroatoms. The van der Waals surface area contributed by atoms with Crippen molar-refractivity contribution in [3.63, 3.8) is 0 Å². The van der Waals surface area contributed by atoms with Crippen LogP contribution in [0.5, 0.6) is 5.75 Å². The fourth-order valence-electron chi connectivity index (χ4n) is 7.87. The zero-order valence-electron chi connectivity index (χ0n) is 22.6. The molecule has 0 heterocycles. The van der Waals surface area contributed by atoms with Gasteiger partial charge in [-0.05, 0) is 112 Å². The molecule has 4 aliphatic rings. The van der Waals surface area contributed by atoms with Crippen LogP contribution in [-0.4, -0.2) is 38.3 Å². The molecule has 0 saturated heterocycles. The van der Waals surface area contributed by atoms with Crippen LogP contribution >= 0.6 is 0 Å². The molecule has 36 heavy (non-hydrogen) atoms. The number of hydrogen-bond donors (Lipinski definition) is 1. The number of aliphatic hydroxyl groups is 1. The minimum atomic E-state index is -0.978. The maximum atomic E-state index is 12.9. The van der Waals surface area contributed by atoms with E-state index in [2.05, 4.69) is 19.1 Å². The van der Waals surface area contributed by atoms with Gasteiger partial charge in [0, 0.05) is 39.1 Å². The van der Waals surface area contributed by atoms with E-state index in [0.29, 0.717) is 30.4 Å². The fraction of sp³-hybridized carbons (Fsp3) is 0.645. The van der Waals surface area contributed by atoms with E-state index in [1.807, 2.05) is 39.0 Å². The molecule has 4 nitrogen and oxygen atoms in total. The number of hydrogen-bond acceptors (Lipinski definition) is 4. The smallest absolute Gasteiger partial charge is 0.156 e. The molecule has 0 spiro atoms. The van der Waals surface area contributed by atoms with Crippen LogP contribution in [0, 0.1) is 17.3 Å². The third-order valence-electron chi connectivity index (χ3n) is 9.96. The Kier molecular flexibility index (Phi) is 6.65. The molecular formula is C31H42O4S. The normalized spacial score (nSPS) is 35.0. The molecule has 1 unspecified atom stereocenters. The third-order valence-corrected chi connectivity index (χ3v) is 11.9. The van der Waals surface area contributed by atoms with Crippen LogP contribution in [0.2, 0.25) is 0 Å². The van der Waals surface area contributed by atoms with E-state index in [1.54, 1.807) is 7.11 Å². The molecular weight excluding hydrogens is 468 g/mol. The van der Waals surface area contributed by atoms with Gasteiger partial charge in [0.15, 0.2) is 5.78 Å². The van der Waals surface area contributed by atoms with Gasteiger partial charge in [-0.25, -0.2) is 0 Å². The Hall–Kier alpha value is -1.72. The second-order valence-electron chi connectivity index (χ2n) is 12.8. The van der Waals surface area contributed by atoms with Gasteiger partial charge in [0.1, 0.15) is 5.75 Å². The molecule has 2 fully saturated rings. The van der Waals surface area contributed by atoms with Crippen LogP contribution in [0.1, 0.15) is 90.5 Å². The summed E-state index contributed by atoms with van der Waals surface area (Å²) >= 11 is 0. The average molecular weight is 511 g/mol. The molecule has 5 rings (SSSR count). The van der Waals surface area contributed by atoms with E-state index in [9.17, 15) is 14.1 Å². The second-order valence-corrected chi connectivity index (χ2v) is 15.1. The van der Waals surface area contributed by atoms with Crippen LogP contribution in [0.3, 0.4) is 0 Å². The van der Waals surface area contributed by atoms with Gasteiger partial charge in [-0.2, -0.15) is 0 Å². The Labute approximate surface area is 219 Å². The quantitative estimate of drug-likeness (QED) is 0.508. The highest BCUT2D eigenvalue weighted by Crippen LogP contribution is 2.67. The van der Waals surface area contributed by atoms with E-state index >= 15 is 0 Å². The summed E-state index contributed by atoms with van der Waals surface area (Å²) in [7, 11) is 0.716. The van der Waals surface area contributed by atoms with Crippen LogP contribution in [0.4, 0.5) is 0 Å². The lowest BCUT2D eigenvalue weighted by molar-refractivity contribution is -0.114. The number of carbonyl (C=O) groups excluding carboxylic acids is 1. The third kappa shape index (κ3) is 4.24. The summed E-state index contributed by atoms with van der Waals surface area (Å²) < 4.78 is 18.1. The molecule has 2 saturated carbocycles. The lowest BCUT2D eigenvalue weighted by atomic mass is 9.51. The number of fused-ring (bicyclic) bond motifs is 4. The van der Waals surface area contributed by atoms with Crippen molar-refractivity contribution in [2.45, 2.75) is 95.3 Å². The summed E-state index contributed by atoms with van der Waals surface area (Å²) in [4.78, 5) is 12.2. The molecule has 1 aromatic carbocycles. The topological polar surface area (TPSA) is 63.6 Å². The minimum absolute atomic E-state index is 0.215. The molecule has 1 aromatic rings. The van der Waals surface area contributed by atoms with Crippen LogP contribution in [0.25, 0.3) is 0 Å². The standard InChI is InChI=1S/C31H42O4S/c1-29(2,3)36(34)17-16-31(33)15-14-27-25-12-8-21-18-22(32)9-13-24(21)28(25)26(19-30(27,31)4)20-6-10-23(35-5)11-7-20/h6-7,10-11,18,25-27,33H,8-9,12-17,19H2,1-5H3/t25-,26+,27-,30-,31+,36?/m0/s1. The lowest BCUT2D eigenvalue weighted by Gasteiger charge is -2.55. The highest BCUT2D eigenvalue weighted by molar-refractivity contribution is 7.86. The first-order valence-electron chi connectivity index (χ1n) is 13.7. The summed E-state index contributed by atoms with van der Waals surface area (Å²) in [5, 5.41) is 12.2. The first-order valence-corrected chi connectivity index (χ1v) is 15.0. The van der Waals surface area contributed by atoms with E-state index in [0.717, 1.165) is 44.3 Å². The number of carbonyl (C=O) groups is 1. The number of rotatable bonds is 5. The molecule has 0 aromatic heterocycles. The Morgan fingerprint density at radius 3 is 2.50 bits per heavy atom. The van der Waals surface area contributed by atoms with Crippen molar-refractivity contribution in [3.05, 3.63) is 52.6 Å². The van der Waals surface area contributed by atoms with Gasteiger partial charge < -0.3 is 9.84 Å². The zero-order chi connectivity index (χ0) is 25.9. The summed E-state index contributed by atoms with van der Waals surface area (Å²) in [6, 6.07) is 8.46. The van der Waals surface area contributed by atoms with E-state index in [4.69, 9.17) is 4.74 Å². The van der Waals surface area contributed by atoms with E-state index < -0.39 is 16.4 Å². The number of ketones is 1. The Balaban J connectivity index is 1.56. The SMILES string of the molecule is COc1ccc([C@H]2C[C@@]3(C)[C@@H](CC[C@@]3(O)CCS(=O)C(C)(C)C)[C@@H]3CCC4=CC(=O)CCC4=C32)cc1. The number of benzene rings is 1. The highest BCUT2D eigenvalue weighted by Gasteiger charge is 2.62. The Morgan fingerprint density at radius 1 is 1.11 bits per heavy atom. The van der Waals surface area contributed by atoms with E-state index in [1.165, 1.54) is 22.3 Å². The molecule has 0 radical (unpaired) electrons. The van der Waals surface area contributed by atoms with Gasteiger partial charge in [0.2, 0.25) is 0 Å². The Bertz CT molecular complexity index is 1120. The lowest BCUT2D eigenvalue weighted by Crippen LogP contribution is -2.52. The first-order chi connectivity index (χ1) is 17.0. The Morgan fingerprint density at radius 2 is 1.83 bits per heavy atom. The maximum absolute atomic E-state index is 12.9. The van der Waals surface area contributed by atoms with Gasteiger partial charge in [-0.1, -0.05) is 24.6 Å². The second kappa shape index (κ2) is 9.23. The van der Waals surface area contributed by atoms with Gasteiger partial charge in [0.25, 0.3) is 0 Å². The van der Waals surface area contributed by atoms with Crippen LogP contribution in [0.15, 0.2) is 47.1 Å². The number of ether oxygens (including phenoxy) is 1. The predicted octanol–water partition coefficient (Wildman–Crippen LogP) is 6.26.